The topological polar surface area (TPSA) is 41.6 Å². The lowest BCUT2D eigenvalue weighted by molar-refractivity contribution is -0.135. The summed E-state index contributed by atoms with van der Waals surface area (Å²) in [6, 6.07) is 0. The van der Waals surface area contributed by atoms with Gasteiger partial charge >= 0.3 is 0 Å². The molecule has 2 heterocycles. The van der Waals surface area contributed by atoms with Gasteiger partial charge < -0.3 is 15.0 Å². The molecule has 1 N–H and O–H groups in total. The van der Waals surface area contributed by atoms with Gasteiger partial charge in [0.25, 0.3) is 0 Å². The van der Waals surface area contributed by atoms with Gasteiger partial charge in [0.05, 0.1) is 12.0 Å². The first-order chi connectivity index (χ1) is 7.31. The summed E-state index contributed by atoms with van der Waals surface area (Å²) in [5, 5.41) is 3.29. The number of piperidine rings is 1. The van der Waals surface area contributed by atoms with Crippen molar-refractivity contribution < 1.29 is 9.53 Å². The van der Waals surface area contributed by atoms with Crippen LogP contribution in [0, 0.1) is 5.92 Å². The molecule has 2 saturated heterocycles. The highest BCUT2D eigenvalue weighted by molar-refractivity contribution is 5.85. The van der Waals surface area contributed by atoms with Crippen molar-refractivity contribution in [2.24, 2.45) is 5.92 Å². The molecule has 2 atom stereocenters. The first kappa shape index (κ1) is 13.7. The maximum Gasteiger partial charge on any atom is 0.227 e. The predicted molar refractivity (Wildman–Crippen MR) is 64.8 cm³/mol. The normalized spacial score (nSPS) is 29.9. The molecule has 1 amide bonds. The van der Waals surface area contributed by atoms with E-state index in [0.29, 0.717) is 5.91 Å². The Balaban J connectivity index is 0.00000128. The summed E-state index contributed by atoms with van der Waals surface area (Å²) in [6.07, 6.45) is 3.41. The fourth-order valence-electron chi connectivity index (χ4n) is 2.44. The molecule has 0 aromatic carbocycles. The summed E-state index contributed by atoms with van der Waals surface area (Å²) in [6.45, 7) is 3.57. The van der Waals surface area contributed by atoms with Crippen LogP contribution in [0.3, 0.4) is 0 Å². The van der Waals surface area contributed by atoms with Crippen molar-refractivity contribution in [2.45, 2.75) is 25.4 Å². The van der Waals surface area contributed by atoms with Gasteiger partial charge in [-0.3, -0.25) is 4.79 Å². The maximum atomic E-state index is 12.1. The van der Waals surface area contributed by atoms with Crippen molar-refractivity contribution in [3.8, 4) is 0 Å². The van der Waals surface area contributed by atoms with E-state index in [1.54, 1.807) is 7.11 Å². The van der Waals surface area contributed by atoms with Crippen LogP contribution in [0.1, 0.15) is 19.3 Å². The minimum atomic E-state index is 0. The van der Waals surface area contributed by atoms with Gasteiger partial charge in [0, 0.05) is 26.7 Å². The van der Waals surface area contributed by atoms with Crippen molar-refractivity contribution in [3.05, 3.63) is 0 Å². The minimum absolute atomic E-state index is 0. The molecule has 2 rings (SSSR count). The standard InChI is InChI=1S/C11H20N2O2.ClH/c1-15-10-4-6-13(8-10)11(14)9-3-2-5-12-7-9;/h9-10,12H,2-8H2,1H3;1H/t9-,10-;/m1./s1. The Morgan fingerprint density at radius 1 is 1.44 bits per heavy atom. The smallest absolute Gasteiger partial charge is 0.227 e. The first-order valence-electron chi connectivity index (χ1n) is 5.83. The Morgan fingerprint density at radius 3 is 2.81 bits per heavy atom. The Morgan fingerprint density at radius 2 is 2.25 bits per heavy atom. The number of hydrogen-bond acceptors (Lipinski definition) is 3. The molecular weight excluding hydrogens is 228 g/mol. The van der Waals surface area contributed by atoms with E-state index in [1.165, 1.54) is 0 Å². The lowest BCUT2D eigenvalue weighted by Gasteiger charge is -2.26. The molecule has 2 aliphatic heterocycles. The van der Waals surface area contributed by atoms with Gasteiger partial charge in [-0.2, -0.15) is 0 Å². The summed E-state index contributed by atoms with van der Waals surface area (Å²) < 4.78 is 5.27. The van der Waals surface area contributed by atoms with E-state index in [-0.39, 0.29) is 24.4 Å². The third kappa shape index (κ3) is 3.09. The zero-order valence-electron chi connectivity index (χ0n) is 9.78. The van der Waals surface area contributed by atoms with Crippen molar-refractivity contribution in [1.29, 1.82) is 0 Å². The van der Waals surface area contributed by atoms with E-state index in [2.05, 4.69) is 5.32 Å². The number of nitrogens with zero attached hydrogens (tertiary/aromatic N) is 1. The van der Waals surface area contributed by atoms with Crippen LogP contribution in [0.2, 0.25) is 0 Å². The van der Waals surface area contributed by atoms with Crippen LogP contribution >= 0.6 is 12.4 Å². The van der Waals surface area contributed by atoms with Gasteiger partial charge in [0.15, 0.2) is 0 Å². The number of carbonyl (C=O) groups excluding carboxylic acids is 1. The van der Waals surface area contributed by atoms with Crippen LogP contribution in [0.25, 0.3) is 0 Å². The lowest BCUT2D eigenvalue weighted by atomic mass is 9.98. The molecule has 2 aliphatic rings. The number of ether oxygens (including phenoxy) is 1. The van der Waals surface area contributed by atoms with E-state index in [4.69, 9.17) is 4.74 Å². The van der Waals surface area contributed by atoms with Crippen molar-refractivity contribution >= 4 is 18.3 Å². The van der Waals surface area contributed by atoms with Crippen LogP contribution in [0.15, 0.2) is 0 Å². The first-order valence-corrected chi connectivity index (χ1v) is 5.83. The summed E-state index contributed by atoms with van der Waals surface area (Å²) in [7, 11) is 1.72. The molecule has 0 bridgehead atoms. The SMILES string of the molecule is CO[C@@H]1CCN(C(=O)[C@@H]2CCCNC2)C1.Cl. The van der Waals surface area contributed by atoms with E-state index < -0.39 is 0 Å². The van der Waals surface area contributed by atoms with Gasteiger partial charge in [-0.15, -0.1) is 12.4 Å². The molecular formula is C11H21ClN2O2. The van der Waals surface area contributed by atoms with Crippen molar-refractivity contribution in [1.82, 2.24) is 10.2 Å². The summed E-state index contributed by atoms with van der Waals surface area (Å²) in [5.41, 5.74) is 0. The van der Waals surface area contributed by atoms with Crippen LogP contribution in [0.4, 0.5) is 0 Å². The Kier molecular flexibility index (Phi) is 5.52. The fraction of sp³-hybridized carbons (Fsp3) is 0.909. The van der Waals surface area contributed by atoms with Gasteiger partial charge in [-0.25, -0.2) is 0 Å². The molecule has 94 valence electrons. The second kappa shape index (κ2) is 6.42. The number of carbonyl (C=O) groups is 1. The Labute approximate surface area is 103 Å². The van der Waals surface area contributed by atoms with E-state index in [9.17, 15) is 4.79 Å². The van der Waals surface area contributed by atoms with Crippen LogP contribution in [0.5, 0.6) is 0 Å². The Bertz CT molecular complexity index is 232. The number of hydrogen-bond donors (Lipinski definition) is 1. The number of amides is 1. The summed E-state index contributed by atoms with van der Waals surface area (Å²) in [5.74, 6) is 0.524. The van der Waals surface area contributed by atoms with Gasteiger partial charge in [0.2, 0.25) is 5.91 Å². The average molecular weight is 249 g/mol. The number of halogens is 1. The average Bonchev–Trinajstić information content (AvgIpc) is 2.78. The monoisotopic (exact) mass is 248 g/mol. The maximum absolute atomic E-state index is 12.1. The van der Waals surface area contributed by atoms with Crippen molar-refractivity contribution in [2.75, 3.05) is 33.3 Å². The molecule has 0 unspecified atom stereocenters. The van der Waals surface area contributed by atoms with Crippen LogP contribution < -0.4 is 5.32 Å². The highest BCUT2D eigenvalue weighted by Gasteiger charge is 2.31. The summed E-state index contributed by atoms with van der Waals surface area (Å²) in [4.78, 5) is 14.1. The van der Waals surface area contributed by atoms with Crippen LogP contribution in [-0.4, -0.2) is 50.2 Å². The molecule has 0 aromatic rings. The highest BCUT2D eigenvalue weighted by Crippen LogP contribution is 2.18. The predicted octanol–water partition coefficient (Wildman–Crippen LogP) is 0.655. The minimum Gasteiger partial charge on any atom is -0.380 e. The number of rotatable bonds is 2. The molecule has 2 fully saturated rings. The number of methoxy groups -OCH3 is 1. The van der Waals surface area contributed by atoms with Crippen LogP contribution in [-0.2, 0) is 9.53 Å². The third-order valence-electron chi connectivity index (χ3n) is 3.44. The lowest BCUT2D eigenvalue weighted by Crippen LogP contribution is -2.42. The molecule has 0 saturated carbocycles. The molecule has 0 aliphatic carbocycles. The van der Waals surface area contributed by atoms with Gasteiger partial charge in [-0.05, 0) is 25.8 Å². The zero-order chi connectivity index (χ0) is 10.7. The Hall–Kier alpha value is -0.320. The van der Waals surface area contributed by atoms with Gasteiger partial charge in [0.1, 0.15) is 0 Å². The molecule has 0 radical (unpaired) electrons. The fourth-order valence-corrected chi connectivity index (χ4v) is 2.44. The molecule has 16 heavy (non-hydrogen) atoms. The van der Waals surface area contributed by atoms with E-state index >= 15 is 0 Å². The number of nitrogens with one attached hydrogen (secondary N) is 1. The number of likely N-dealkylation sites (tertiary alicyclic amines) is 1. The molecule has 0 aromatic heterocycles. The van der Waals surface area contributed by atoms with E-state index in [0.717, 1.165) is 45.4 Å². The molecule has 5 heteroatoms. The largest absolute Gasteiger partial charge is 0.380 e. The third-order valence-corrected chi connectivity index (χ3v) is 3.44. The highest BCUT2D eigenvalue weighted by atomic mass is 35.5. The van der Waals surface area contributed by atoms with Crippen molar-refractivity contribution in [3.63, 3.8) is 0 Å². The second-order valence-electron chi connectivity index (χ2n) is 4.47. The second-order valence-corrected chi connectivity index (χ2v) is 4.47. The molecule has 0 spiro atoms. The van der Waals surface area contributed by atoms with E-state index in [1.807, 2.05) is 4.90 Å². The summed E-state index contributed by atoms with van der Waals surface area (Å²) >= 11 is 0. The quantitative estimate of drug-likeness (QED) is 0.781. The zero-order valence-corrected chi connectivity index (χ0v) is 10.6. The van der Waals surface area contributed by atoms with Gasteiger partial charge in [-0.1, -0.05) is 0 Å². The molecule has 4 nitrogen and oxygen atoms in total.